The van der Waals surface area contributed by atoms with Gasteiger partial charge in [-0.3, -0.25) is 9.69 Å². The number of imide groups is 1. The Balaban J connectivity index is 0.00000442. The summed E-state index contributed by atoms with van der Waals surface area (Å²) in [5.74, 6) is 0.545. The number of unbranched alkanes of at least 4 members (excludes halogenated alkanes) is 1. The number of amides is 3. The molecule has 4 aromatic rings. The summed E-state index contributed by atoms with van der Waals surface area (Å²) in [6.45, 7) is 8.00. The number of carbonyl (C=O) groups excluding carboxylic acids is 2. The van der Waals surface area contributed by atoms with Crippen LogP contribution >= 0.6 is 0 Å². The van der Waals surface area contributed by atoms with Gasteiger partial charge in [-0.2, -0.15) is 5.56 Å². The number of H-pyrrole nitrogens is 1. The molecule has 0 radical (unpaired) electrons. The van der Waals surface area contributed by atoms with Crippen LogP contribution in [0.25, 0.3) is 10.9 Å². The zero-order chi connectivity index (χ0) is 30.9. The van der Waals surface area contributed by atoms with Crippen LogP contribution in [0.4, 0.5) is 4.79 Å². The number of fused-ring (bicyclic) bond motifs is 1. The number of urea groups is 1. The molecule has 0 bridgehead atoms. The van der Waals surface area contributed by atoms with Crippen LogP contribution in [-0.4, -0.2) is 53.2 Å². The molecule has 3 amide bonds. The van der Waals surface area contributed by atoms with Crippen molar-refractivity contribution in [3.8, 4) is 11.5 Å². The zero-order valence-corrected chi connectivity index (χ0v) is 29.0. The normalized spacial score (nSPS) is 15.9. The predicted octanol–water partition coefficient (Wildman–Crippen LogP) is 5.97. The number of sulfonamides is 1. The summed E-state index contributed by atoms with van der Waals surface area (Å²) < 4.78 is 35.1. The Hall–Kier alpha value is -3.59. The maximum Gasteiger partial charge on any atom is 0.340 e. The minimum Gasteiger partial charge on any atom is -0.457 e. The second kappa shape index (κ2) is 13.6. The second-order valence-corrected chi connectivity index (χ2v) is 12.9. The number of nitrogens with zero attached hydrogens (tertiary/aromatic N) is 2. The van der Waals surface area contributed by atoms with Crippen LogP contribution in [0.2, 0.25) is 0 Å². The first-order chi connectivity index (χ1) is 20.5. The SMILES string of the molecule is Cc1ccc(Oc2ccc(S(=O)(=O)N3C(=O)N(C(C)CCCCN)C(=O)C3[CH-]c3c[nH]c4ccccc34)cc2C)cc1C.[W]. The predicted molar refractivity (Wildman–Crippen MR) is 166 cm³/mol. The first-order valence-electron chi connectivity index (χ1n) is 14.4. The summed E-state index contributed by atoms with van der Waals surface area (Å²) in [7, 11) is -4.44. The number of rotatable bonds is 11. The topological polar surface area (TPSA) is 126 Å². The fourth-order valence-electron chi connectivity index (χ4n) is 5.39. The first kappa shape index (κ1) is 33.3. The van der Waals surface area contributed by atoms with Crippen molar-refractivity contribution in [2.24, 2.45) is 5.73 Å². The molecule has 2 heterocycles. The molecule has 0 spiro atoms. The molecule has 1 aromatic heterocycles. The number of ether oxygens (including phenoxy) is 1. The number of aromatic nitrogens is 1. The Kier molecular flexibility index (Phi) is 10.3. The van der Waals surface area contributed by atoms with Crippen LogP contribution in [0.1, 0.15) is 48.4 Å². The number of benzene rings is 3. The van der Waals surface area contributed by atoms with E-state index in [1.165, 1.54) is 12.1 Å². The average Bonchev–Trinajstić information content (AvgIpc) is 3.49. The van der Waals surface area contributed by atoms with E-state index < -0.39 is 34.0 Å². The average molecular weight is 786 g/mol. The molecule has 5 rings (SSSR count). The second-order valence-electron chi connectivity index (χ2n) is 11.1. The molecule has 11 heteroatoms. The van der Waals surface area contributed by atoms with Crippen molar-refractivity contribution in [3.63, 3.8) is 0 Å². The van der Waals surface area contributed by atoms with E-state index in [1.807, 2.05) is 56.3 Å². The van der Waals surface area contributed by atoms with Gasteiger partial charge < -0.3 is 15.5 Å². The van der Waals surface area contributed by atoms with E-state index in [0.717, 1.165) is 37.7 Å². The van der Waals surface area contributed by atoms with Gasteiger partial charge in [-0.1, -0.05) is 30.7 Å². The summed E-state index contributed by atoms with van der Waals surface area (Å²) in [6.07, 6.45) is 5.23. The molecule has 1 fully saturated rings. The minimum absolute atomic E-state index is 0. The summed E-state index contributed by atoms with van der Waals surface area (Å²) in [5, 5.41) is 0.818. The van der Waals surface area contributed by atoms with Gasteiger partial charge in [0, 0.05) is 27.1 Å². The van der Waals surface area contributed by atoms with E-state index in [0.29, 0.717) is 42.0 Å². The zero-order valence-electron chi connectivity index (χ0n) is 25.2. The van der Waals surface area contributed by atoms with Gasteiger partial charge in [-0.25, -0.2) is 17.5 Å². The Morgan fingerprint density at radius 1 is 0.977 bits per heavy atom. The fourth-order valence-corrected chi connectivity index (χ4v) is 6.93. The molecule has 3 aromatic carbocycles. The van der Waals surface area contributed by atoms with Crippen LogP contribution < -0.4 is 10.5 Å². The number of nitrogens with one attached hydrogen (secondary N) is 1. The van der Waals surface area contributed by atoms with Crippen LogP contribution in [0.5, 0.6) is 11.5 Å². The summed E-state index contributed by atoms with van der Waals surface area (Å²) in [4.78, 5) is 31.8. The molecule has 9 nitrogen and oxygen atoms in total. The third-order valence-electron chi connectivity index (χ3n) is 8.02. The number of nitrogens with two attached hydrogens (primary N) is 1. The van der Waals surface area contributed by atoms with Gasteiger partial charge in [0.25, 0.3) is 10.0 Å². The standard InChI is InChI=1S/C33H37N4O5S.W/c1-21-12-13-26(17-22(21)2)42-31-15-14-27(18-23(31)3)43(40,41)37-30(19-25-20-35-29-11-6-5-10-28(25)29)32(38)36(33(37)39)24(4)9-7-8-16-34;/h5-6,10-15,17-20,24,30,35H,7-9,16,34H2,1-4H3;/q-1;. The van der Waals surface area contributed by atoms with E-state index in [9.17, 15) is 18.0 Å². The van der Waals surface area contributed by atoms with E-state index in [2.05, 4.69) is 4.98 Å². The van der Waals surface area contributed by atoms with Crippen molar-refractivity contribution >= 4 is 32.9 Å². The number of carbonyl (C=O) groups is 2. The third kappa shape index (κ3) is 6.43. The number of hydrogen-bond donors (Lipinski definition) is 2. The number of aromatic amines is 1. The van der Waals surface area contributed by atoms with Crippen molar-refractivity contribution in [2.45, 2.75) is 63.9 Å². The number of hydrogen-bond acceptors (Lipinski definition) is 6. The van der Waals surface area contributed by atoms with Gasteiger partial charge in [0.1, 0.15) is 17.5 Å². The summed E-state index contributed by atoms with van der Waals surface area (Å²) >= 11 is 0. The van der Waals surface area contributed by atoms with E-state index in [1.54, 1.807) is 32.5 Å². The Labute approximate surface area is 273 Å². The minimum atomic E-state index is -4.44. The molecule has 2 atom stereocenters. The van der Waals surface area contributed by atoms with Crippen molar-refractivity contribution in [3.05, 3.63) is 95.5 Å². The van der Waals surface area contributed by atoms with Crippen molar-refractivity contribution in [1.29, 1.82) is 0 Å². The quantitative estimate of drug-likeness (QED) is 0.110. The van der Waals surface area contributed by atoms with Gasteiger partial charge in [-0.05, 0) is 99.6 Å². The van der Waals surface area contributed by atoms with Crippen LogP contribution in [0.15, 0.2) is 71.8 Å². The molecular formula is C33H37N4O5SW-. The molecule has 44 heavy (non-hydrogen) atoms. The molecule has 232 valence electrons. The largest absolute Gasteiger partial charge is 0.457 e. The smallest absolute Gasteiger partial charge is 0.340 e. The first-order valence-corrected chi connectivity index (χ1v) is 15.8. The molecule has 1 aliphatic rings. The van der Waals surface area contributed by atoms with E-state index in [-0.39, 0.29) is 26.0 Å². The molecule has 0 saturated carbocycles. The van der Waals surface area contributed by atoms with Crippen molar-refractivity contribution < 1.29 is 43.8 Å². The summed E-state index contributed by atoms with van der Waals surface area (Å²) in [5.41, 5.74) is 9.89. The third-order valence-corrected chi connectivity index (χ3v) is 9.77. The molecule has 2 unspecified atom stereocenters. The monoisotopic (exact) mass is 785 g/mol. The molecule has 1 saturated heterocycles. The maximum absolute atomic E-state index is 14.2. The Morgan fingerprint density at radius 2 is 1.73 bits per heavy atom. The fraction of sp³-hybridized carbons (Fsp3) is 0.303. The molecule has 1 aliphatic heterocycles. The Bertz CT molecular complexity index is 1790. The van der Waals surface area contributed by atoms with Crippen LogP contribution in [0, 0.1) is 27.2 Å². The maximum atomic E-state index is 14.2. The van der Waals surface area contributed by atoms with Gasteiger partial charge in [0.15, 0.2) is 0 Å². The van der Waals surface area contributed by atoms with Crippen LogP contribution in [0.3, 0.4) is 0 Å². The van der Waals surface area contributed by atoms with Gasteiger partial charge in [-0.15, -0.1) is 24.1 Å². The van der Waals surface area contributed by atoms with Crippen molar-refractivity contribution in [1.82, 2.24) is 14.2 Å². The van der Waals surface area contributed by atoms with Crippen molar-refractivity contribution in [2.75, 3.05) is 6.54 Å². The number of para-hydroxylation sites is 1. The Morgan fingerprint density at radius 3 is 2.43 bits per heavy atom. The van der Waals surface area contributed by atoms with Gasteiger partial charge >= 0.3 is 6.03 Å². The van der Waals surface area contributed by atoms with Crippen LogP contribution in [-0.2, 0) is 35.9 Å². The molecule has 0 aliphatic carbocycles. The van der Waals surface area contributed by atoms with Gasteiger partial charge in [0.05, 0.1) is 4.90 Å². The molecular weight excluding hydrogens is 748 g/mol. The number of aryl methyl sites for hydroxylation is 3. The molecule has 3 N–H and O–H groups in total. The van der Waals surface area contributed by atoms with E-state index in [4.69, 9.17) is 10.5 Å². The summed E-state index contributed by atoms with van der Waals surface area (Å²) in [6, 6.07) is 15.0. The van der Waals surface area contributed by atoms with E-state index >= 15 is 0 Å². The van der Waals surface area contributed by atoms with Gasteiger partial charge in [0.2, 0.25) is 5.91 Å².